The summed E-state index contributed by atoms with van der Waals surface area (Å²) < 4.78 is 51.8. The Bertz CT molecular complexity index is 2620. The first-order valence-corrected chi connectivity index (χ1v) is 27.7. The van der Waals surface area contributed by atoms with Gasteiger partial charge in [-0.05, 0) is 98.9 Å². The Morgan fingerprint density at radius 3 is 1.94 bits per heavy atom. The maximum Gasteiger partial charge on any atom is 0.259 e. The number of nitrogens with zero attached hydrogens (tertiary/aromatic N) is 6. The van der Waals surface area contributed by atoms with E-state index in [4.69, 9.17) is 42.4 Å². The van der Waals surface area contributed by atoms with Crippen LogP contribution < -0.4 is 14.8 Å². The zero-order valence-electron chi connectivity index (χ0n) is 42.0. The Balaban J connectivity index is 1.41. The molecule has 0 saturated carbocycles. The average molecular weight is 988 g/mol. The van der Waals surface area contributed by atoms with Gasteiger partial charge in [-0.15, -0.1) is 0 Å². The van der Waals surface area contributed by atoms with Crippen molar-refractivity contribution in [3.63, 3.8) is 0 Å². The smallest absolute Gasteiger partial charge is 0.259 e. The minimum Gasteiger partial charge on any atom is -0.497 e. The van der Waals surface area contributed by atoms with E-state index in [9.17, 15) is 10.1 Å². The van der Waals surface area contributed by atoms with Crippen LogP contribution in [-0.4, -0.2) is 96.2 Å². The normalized spacial score (nSPS) is 18.1. The van der Waals surface area contributed by atoms with Gasteiger partial charge in [-0.25, -0.2) is 19.6 Å². The highest BCUT2D eigenvalue weighted by Crippen LogP contribution is 2.53. The summed E-state index contributed by atoms with van der Waals surface area (Å²) in [6.45, 7) is 19.6. The number of amides is 1. The number of methoxy groups -OCH3 is 2. The quantitative estimate of drug-likeness (QED) is 0.0314. The molecule has 370 valence electrons. The first-order chi connectivity index (χ1) is 33.5. The third kappa shape index (κ3) is 11.3. The highest BCUT2D eigenvalue weighted by atomic mass is 31.2. The lowest BCUT2D eigenvalue weighted by Crippen LogP contribution is -2.50. The van der Waals surface area contributed by atoms with Crippen molar-refractivity contribution >= 4 is 39.7 Å². The fraction of sp³-hybridized carbons (Fsp3) is 0.415. The number of carbonyl (C=O) groups excluding carboxylic acids is 1. The predicted octanol–water partition coefficient (Wildman–Crippen LogP) is 11.1. The van der Waals surface area contributed by atoms with Crippen LogP contribution in [0.4, 0.5) is 5.82 Å². The molecule has 1 unspecified atom stereocenters. The number of carbonyl (C=O) groups is 1. The number of hydrogen-bond acceptors (Lipinski definition) is 13. The van der Waals surface area contributed by atoms with E-state index in [2.05, 4.69) is 94.7 Å². The molecule has 5 atom stereocenters. The monoisotopic (exact) mass is 987 g/mol. The van der Waals surface area contributed by atoms with Crippen LogP contribution in [0.1, 0.15) is 88.2 Å². The Labute approximate surface area is 414 Å². The number of nitriles is 1. The van der Waals surface area contributed by atoms with Crippen molar-refractivity contribution in [1.29, 1.82) is 5.26 Å². The fourth-order valence-electron chi connectivity index (χ4n) is 8.41. The molecule has 0 aliphatic carbocycles. The largest absolute Gasteiger partial charge is 0.497 e. The molecule has 6 aromatic rings. The second-order valence-corrected chi connectivity index (χ2v) is 25.4. The van der Waals surface area contributed by atoms with Crippen LogP contribution in [0.3, 0.4) is 0 Å². The highest BCUT2D eigenvalue weighted by Gasteiger charge is 2.54. The summed E-state index contributed by atoms with van der Waals surface area (Å²) in [5.41, 5.74) is 2.64. The molecule has 0 bridgehead atoms. The second-order valence-electron chi connectivity index (χ2n) is 19.2. The van der Waals surface area contributed by atoms with Crippen molar-refractivity contribution in [3.8, 4) is 17.6 Å². The van der Waals surface area contributed by atoms with Gasteiger partial charge in [-0.1, -0.05) is 93.6 Å². The standard InChI is InChI=1S/C53H66N7O8PSi/c1-36(2)60(37(3)4)69(65-32-18-31-54)67-46-44(33-64-53(39-21-16-13-17-22-39,40-23-27-42(62-8)28-24-40)41-25-29-43(63-9)30-26-41)66-51(47(46)68-70(10,11)52(5,6)7)59-35-57-45-48(55-34-56-49(45)59)58-50(61)38-19-14-12-15-20-38/h12-17,19-30,34-37,44,46-47,51H,18,32-33H2,1-11H3,(H,55,56,58,61)/t44-,46-,47+,51-,69?/m1/s1. The van der Waals surface area contributed by atoms with Gasteiger partial charge in [0.2, 0.25) is 0 Å². The van der Waals surface area contributed by atoms with E-state index in [1.54, 1.807) is 44.8 Å². The molecule has 1 fully saturated rings. The van der Waals surface area contributed by atoms with Crippen molar-refractivity contribution in [1.82, 2.24) is 24.2 Å². The van der Waals surface area contributed by atoms with E-state index in [1.165, 1.54) is 6.33 Å². The van der Waals surface area contributed by atoms with Crippen molar-refractivity contribution in [2.45, 2.75) is 115 Å². The van der Waals surface area contributed by atoms with E-state index >= 15 is 0 Å². The lowest BCUT2D eigenvalue weighted by Gasteiger charge is -2.42. The van der Waals surface area contributed by atoms with Gasteiger partial charge in [0.1, 0.15) is 41.7 Å². The van der Waals surface area contributed by atoms with Gasteiger partial charge in [-0.2, -0.15) is 5.26 Å². The molecule has 0 spiro atoms. The third-order valence-electron chi connectivity index (χ3n) is 12.9. The summed E-state index contributed by atoms with van der Waals surface area (Å²) in [5, 5.41) is 12.4. The molecule has 0 radical (unpaired) electrons. The summed E-state index contributed by atoms with van der Waals surface area (Å²) in [7, 11) is -1.19. The number of hydrogen-bond donors (Lipinski definition) is 1. The Morgan fingerprint density at radius 1 is 0.829 bits per heavy atom. The summed E-state index contributed by atoms with van der Waals surface area (Å²) in [4.78, 5) is 27.5. The molecule has 2 aromatic heterocycles. The Morgan fingerprint density at radius 2 is 1.40 bits per heavy atom. The predicted molar refractivity (Wildman–Crippen MR) is 274 cm³/mol. The van der Waals surface area contributed by atoms with E-state index in [-0.39, 0.29) is 48.5 Å². The first-order valence-electron chi connectivity index (χ1n) is 23.6. The summed E-state index contributed by atoms with van der Waals surface area (Å²) in [5.74, 6) is 1.31. The highest BCUT2D eigenvalue weighted by molar-refractivity contribution is 7.44. The van der Waals surface area contributed by atoms with Gasteiger partial charge >= 0.3 is 0 Å². The maximum atomic E-state index is 13.5. The molecule has 1 aliphatic rings. The van der Waals surface area contributed by atoms with Gasteiger partial charge in [0.05, 0.1) is 46.3 Å². The topological polar surface area (TPSA) is 164 Å². The van der Waals surface area contributed by atoms with E-state index in [1.807, 2.05) is 77.4 Å². The molecule has 1 aliphatic heterocycles. The second kappa shape index (κ2) is 22.6. The van der Waals surface area contributed by atoms with Gasteiger partial charge < -0.3 is 37.7 Å². The number of nitrogens with one attached hydrogen (secondary N) is 1. The lowest BCUT2D eigenvalue weighted by molar-refractivity contribution is -0.0926. The van der Waals surface area contributed by atoms with Gasteiger partial charge in [0, 0.05) is 17.6 Å². The average Bonchev–Trinajstić information content (AvgIpc) is 3.93. The van der Waals surface area contributed by atoms with Crippen molar-refractivity contribution in [2.24, 2.45) is 0 Å². The van der Waals surface area contributed by atoms with Gasteiger partial charge in [-0.3, -0.25) is 9.36 Å². The SMILES string of the molecule is COc1ccc(C(OC[C@H]2O[C@@H](n3cnc4c(NC(=O)c5ccccc5)ncnc43)[C@@H](O[Si](C)(C)C(C)(C)C)[C@@H]2OP(OCCC#N)N(C(C)C)C(C)C)(c2ccccc2)c2ccc(OC)cc2)cc1. The first kappa shape index (κ1) is 52.2. The van der Waals surface area contributed by atoms with Gasteiger partial charge in [0.15, 0.2) is 31.5 Å². The lowest BCUT2D eigenvalue weighted by atomic mass is 9.80. The van der Waals surface area contributed by atoms with Crippen LogP contribution in [0.25, 0.3) is 11.2 Å². The molecule has 1 amide bonds. The van der Waals surface area contributed by atoms with Crippen LogP contribution in [0.15, 0.2) is 122 Å². The summed E-state index contributed by atoms with van der Waals surface area (Å²) in [6, 6.07) is 37.0. The molecule has 1 N–H and O–H groups in total. The number of imidazole rings is 1. The maximum absolute atomic E-state index is 13.5. The summed E-state index contributed by atoms with van der Waals surface area (Å²) >= 11 is 0. The van der Waals surface area contributed by atoms with Crippen molar-refractivity contribution < 1.29 is 37.2 Å². The molecule has 17 heteroatoms. The zero-order valence-corrected chi connectivity index (χ0v) is 43.9. The van der Waals surface area contributed by atoms with Gasteiger partial charge in [0.25, 0.3) is 14.4 Å². The third-order valence-corrected chi connectivity index (χ3v) is 19.5. The fourth-order valence-corrected chi connectivity index (χ4v) is 11.5. The van der Waals surface area contributed by atoms with E-state index in [0.717, 1.165) is 16.7 Å². The molecule has 3 heterocycles. The Kier molecular flexibility index (Phi) is 16.9. The van der Waals surface area contributed by atoms with E-state index < -0.39 is 47.0 Å². The zero-order chi connectivity index (χ0) is 50.2. The van der Waals surface area contributed by atoms with Crippen LogP contribution in [0.2, 0.25) is 18.1 Å². The number of rotatable bonds is 21. The molecule has 70 heavy (non-hydrogen) atoms. The number of benzene rings is 4. The number of anilines is 1. The van der Waals surface area contributed by atoms with Crippen LogP contribution in [-0.2, 0) is 28.5 Å². The molecular formula is C53H66N7O8PSi. The number of ether oxygens (including phenoxy) is 4. The van der Waals surface area contributed by atoms with Crippen LogP contribution >= 0.6 is 8.53 Å². The van der Waals surface area contributed by atoms with E-state index in [0.29, 0.717) is 28.2 Å². The number of fused-ring (bicyclic) bond motifs is 1. The molecule has 4 aromatic carbocycles. The van der Waals surface area contributed by atoms with Crippen molar-refractivity contribution in [2.75, 3.05) is 32.8 Å². The van der Waals surface area contributed by atoms with Crippen LogP contribution in [0.5, 0.6) is 11.5 Å². The summed E-state index contributed by atoms with van der Waals surface area (Å²) in [6.07, 6.45) is -0.0410. The minimum absolute atomic E-state index is 0.00377. The van der Waals surface area contributed by atoms with Crippen LogP contribution in [0, 0.1) is 11.3 Å². The molecule has 7 rings (SSSR count). The Hall–Kier alpha value is -5.60. The minimum atomic E-state index is -2.66. The van der Waals surface area contributed by atoms with Crippen molar-refractivity contribution in [3.05, 3.63) is 144 Å². The molecular weight excluding hydrogens is 922 g/mol. The molecule has 1 saturated heterocycles. The number of aromatic nitrogens is 4. The molecule has 15 nitrogen and oxygen atoms in total.